The molecule has 2 nitrogen and oxygen atoms in total. The van der Waals surface area contributed by atoms with Crippen molar-refractivity contribution < 1.29 is 0 Å². The molecular formula is C14H22N2. The summed E-state index contributed by atoms with van der Waals surface area (Å²) in [6, 6.07) is 6.54. The molecule has 0 radical (unpaired) electrons. The first-order chi connectivity index (χ1) is 7.81. The molecule has 0 aliphatic carbocycles. The second-order valence-corrected chi connectivity index (χ2v) is 4.64. The third-order valence-electron chi connectivity index (χ3n) is 3.48. The van der Waals surface area contributed by atoms with Crippen LogP contribution in [0.5, 0.6) is 0 Å². The highest BCUT2D eigenvalue weighted by atomic mass is 15.1. The zero-order valence-electron chi connectivity index (χ0n) is 10.2. The fourth-order valence-corrected chi connectivity index (χ4v) is 2.43. The van der Waals surface area contributed by atoms with Crippen molar-refractivity contribution in [3.63, 3.8) is 0 Å². The molecule has 2 heteroatoms. The lowest BCUT2D eigenvalue weighted by atomic mass is 10.1. The molecule has 0 aromatic heterocycles. The molecule has 0 atom stereocenters. The van der Waals surface area contributed by atoms with Crippen LogP contribution >= 0.6 is 0 Å². The van der Waals surface area contributed by atoms with Gasteiger partial charge in [-0.05, 0) is 37.0 Å². The number of hydrogen-bond donors (Lipinski definition) is 1. The number of hydrogen-bond acceptors (Lipinski definition) is 2. The molecule has 1 aliphatic rings. The van der Waals surface area contributed by atoms with Gasteiger partial charge in [-0.1, -0.05) is 25.8 Å². The Kier molecular flexibility index (Phi) is 3.70. The maximum Gasteiger partial charge on any atom is 0.0387 e. The lowest BCUT2D eigenvalue weighted by molar-refractivity contribution is 0.726. The summed E-state index contributed by atoms with van der Waals surface area (Å²) in [6.45, 7) is 4.52. The average Bonchev–Trinajstić information content (AvgIpc) is 2.57. The summed E-state index contributed by atoms with van der Waals surface area (Å²) in [6.07, 6.45) is 6.40. The zero-order valence-corrected chi connectivity index (χ0v) is 10.2. The van der Waals surface area contributed by atoms with Crippen LogP contribution in [-0.4, -0.2) is 13.1 Å². The molecule has 2 N–H and O–H groups in total. The summed E-state index contributed by atoms with van der Waals surface area (Å²) >= 11 is 0. The third kappa shape index (κ3) is 2.49. The highest BCUT2D eigenvalue weighted by Crippen LogP contribution is 2.24. The number of nitrogens with zero attached hydrogens (tertiary/aromatic N) is 1. The van der Waals surface area contributed by atoms with Crippen molar-refractivity contribution in [3.05, 3.63) is 23.8 Å². The van der Waals surface area contributed by atoms with E-state index in [1.54, 1.807) is 0 Å². The van der Waals surface area contributed by atoms with Gasteiger partial charge >= 0.3 is 0 Å². The zero-order chi connectivity index (χ0) is 11.4. The Balaban J connectivity index is 2.16. The van der Waals surface area contributed by atoms with Crippen molar-refractivity contribution in [2.75, 3.05) is 23.7 Å². The first-order valence-corrected chi connectivity index (χ1v) is 6.44. The quantitative estimate of drug-likeness (QED) is 0.772. The number of benzene rings is 1. The van der Waals surface area contributed by atoms with Crippen LogP contribution in [0, 0.1) is 0 Å². The topological polar surface area (TPSA) is 29.3 Å². The van der Waals surface area contributed by atoms with E-state index < -0.39 is 0 Å². The van der Waals surface area contributed by atoms with Gasteiger partial charge < -0.3 is 10.6 Å². The fraction of sp³-hybridized carbons (Fsp3) is 0.571. The number of nitrogens with two attached hydrogens (primary N) is 1. The largest absolute Gasteiger partial charge is 0.398 e. The number of rotatable bonds is 2. The molecule has 1 aliphatic heterocycles. The van der Waals surface area contributed by atoms with Crippen molar-refractivity contribution in [2.45, 2.75) is 39.0 Å². The van der Waals surface area contributed by atoms with E-state index in [-0.39, 0.29) is 0 Å². The number of aryl methyl sites for hydroxylation is 1. The van der Waals surface area contributed by atoms with E-state index in [4.69, 9.17) is 5.73 Å². The van der Waals surface area contributed by atoms with Gasteiger partial charge in [-0.25, -0.2) is 0 Å². The first-order valence-electron chi connectivity index (χ1n) is 6.44. The van der Waals surface area contributed by atoms with Gasteiger partial charge in [0, 0.05) is 24.5 Å². The van der Waals surface area contributed by atoms with Crippen molar-refractivity contribution >= 4 is 11.4 Å². The lowest BCUT2D eigenvalue weighted by Gasteiger charge is -2.23. The molecule has 0 saturated carbocycles. The van der Waals surface area contributed by atoms with E-state index in [1.807, 2.05) is 0 Å². The summed E-state index contributed by atoms with van der Waals surface area (Å²) in [7, 11) is 0. The molecule has 2 rings (SSSR count). The van der Waals surface area contributed by atoms with Gasteiger partial charge in [0.2, 0.25) is 0 Å². The maximum atomic E-state index is 6.05. The van der Waals surface area contributed by atoms with Crippen molar-refractivity contribution in [2.24, 2.45) is 0 Å². The van der Waals surface area contributed by atoms with E-state index in [9.17, 15) is 0 Å². The Morgan fingerprint density at radius 2 is 1.81 bits per heavy atom. The third-order valence-corrected chi connectivity index (χ3v) is 3.48. The van der Waals surface area contributed by atoms with Gasteiger partial charge in [-0.3, -0.25) is 0 Å². The molecule has 1 fully saturated rings. The Hall–Kier alpha value is -1.18. The van der Waals surface area contributed by atoms with Crippen LogP contribution in [0.2, 0.25) is 0 Å². The summed E-state index contributed by atoms with van der Waals surface area (Å²) in [5.74, 6) is 0. The molecule has 88 valence electrons. The minimum absolute atomic E-state index is 0.948. The summed E-state index contributed by atoms with van der Waals surface area (Å²) in [5, 5.41) is 0. The highest BCUT2D eigenvalue weighted by Gasteiger charge is 2.10. The Labute approximate surface area is 98.4 Å². The molecule has 0 bridgehead atoms. The van der Waals surface area contributed by atoms with Crippen molar-refractivity contribution in [3.8, 4) is 0 Å². The second-order valence-electron chi connectivity index (χ2n) is 4.64. The van der Waals surface area contributed by atoms with E-state index in [0.717, 1.165) is 12.1 Å². The van der Waals surface area contributed by atoms with Crippen molar-refractivity contribution in [1.29, 1.82) is 0 Å². The molecule has 0 amide bonds. The van der Waals surface area contributed by atoms with Crippen LogP contribution in [0.15, 0.2) is 18.2 Å². The van der Waals surface area contributed by atoms with Gasteiger partial charge in [0.15, 0.2) is 0 Å². The lowest BCUT2D eigenvalue weighted by Crippen LogP contribution is -2.23. The van der Waals surface area contributed by atoms with Gasteiger partial charge in [0.25, 0.3) is 0 Å². The molecule has 1 heterocycles. The fourth-order valence-electron chi connectivity index (χ4n) is 2.43. The maximum absolute atomic E-state index is 6.05. The minimum atomic E-state index is 0.948. The Bertz CT molecular complexity index is 339. The van der Waals surface area contributed by atoms with E-state index in [1.165, 1.54) is 50.0 Å². The van der Waals surface area contributed by atoms with Crippen LogP contribution in [0.25, 0.3) is 0 Å². The summed E-state index contributed by atoms with van der Waals surface area (Å²) in [4.78, 5) is 2.48. The van der Waals surface area contributed by atoms with Crippen molar-refractivity contribution in [1.82, 2.24) is 0 Å². The molecule has 1 aromatic rings. The van der Waals surface area contributed by atoms with E-state index in [2.05, 4.69) is 30.0 Å². The monoisotopic (exact) mass is 218 g/mol. The predicted octanol–water partition coefficient (Wildman–Crippen LogP) is 3.21. The molecule has 0 unspecified atom stereocenters. The van der Waals surface area contributed by atoms with E-state index >= 15 is 0 Å². The Morgan fingerprint density at radius 1 is 1.12 bits per heavy atom. The minimum Gasteiger partial charge on any atom is -0.398 e. The summed E-state index contributed by atoms with van der Waals surface area (Å²) in [5.41, 5.74) is 9.56. The van der Waals surface area contributed by atoms with Crippen LogP contribution in [-0.2, 0) is 6.42 Å². The molecule has 16 heavy (non-hydrogen) atoms. The number of nitrogen functional groups attached to an aromatic ring is 1. The normalized spacial score (nSPS) is 17.2. The SMILES string of the molecule is CCc1ccc(N2CCCCCC2)cc1N. The van der Waals surface area contributed by atoms with Crippen LogP contribution in [0.4, 0.5) is 11.4 Å². The molecule has 1 saturated heterocycles. The van der Waals surface area contributed by atoms with Crippen LogP contribution in [0.3, 0.4) is 0 Å². The molecular weight excluding hydrogens is 196 g/mol. The molecule has 1 aromatic carbocycles. The standard InChI is InChI=1S/C14H22N2/c1-2-12-7-8-13(11-14(12)15)16-9-5-3-4-6-10-16/h7-8,11H,2-6,9-10,15H2,1H3. The van der Waals surface area contributed by atoms with Gasteiger partial charge in [0.05, 0.1) is 0 Å². The second kappa shape index (κ2) is 5.24. The van der Waals surface area contributed by atoms with E-state index in [0.29, 0.717) is 0 Å². The molecule has 0 spiro atoms. The van der Waals surface area contributed by atoms with Gasteiger partial charge in [-0.2, -0.15) is 0 Å². The average molecular weight is 218 g/mol. The van der Waals surface area contributed by atoms with Gasteiger partial charge in [0.1, 0.15) is 0 Å². The summed E-state index contributed by atoms with van der Waals surface area (Å²) < 4.78 is 0. The van der Waals surface area contributed by atoms with Crippen LogP contribution in [0.1, 0.15) is 38.2 Å². The Morgan fingerprint density at radius 3 is 2.38 bits per heavy atom. The van der Waals surface area contributed by atoms with Crippen LogP contribution < -0.4 is 10.6 Å². The highest BCUT2D eigenvalue weighted by molar-refractivity contribution is 5.60. The number of anilines is 2. The first kappa shape index (κ1) is 11.3. The van der Waals surface area contributed by atoms with Gasteiger partial charge in [-0.15, -0.1) is 0 Å². The smallest absolute Gasteiger partial charge is 0.0387 e. The predicted molar refractivity (Wildman–Crippen MR) is 70.9 cm³/mol.